The summed E-state index contributed by atoms with van der Waals surface area (Å²) < 4.78 is 1.19. The van der Waals surface area contributed by atoms with E-state index in [4.69, 9.17) is 0 Å². The maximum atomic E-state index is 11.7. The number of aryl methyl sites for hydroxylation is 1. The van der Waals surface area contributed by atoms with Crippen LogP contribution in [0, 0.1) is 6.92 Å². The Morgan fingerprint density at radius 3 is 2.88 bits per heavy atom. The van der Waals surface area contributed by atoms with Gasteiger partial charge in [-0.3, -0.25) is 4.79 Å². The first kappa shape index (κ1) is 13.4. The molecule has 4 heteroatoms. The molecule has 1 aromatic rings. The van der Waals surface area contributed by atoms with E-state index in [0.29, 0.717) is 5.69 Å². The Kier molecular flexibility index (Phi) is 6.37. The summed E-state index contributed by atoms with van der Waals surface area (Å²) in [5, 5.41) is 2.88. The number of carbonyl (C=O) groups is 1. The van der Waals surface area contributed by atoms with E-state index in [1.165, 1.54) is 17.3 Å². The van der Waals surface area contributed by atoms with Crippen LogP contribution in [0.15, 0.2) is 18.2 Å². The number of unbranched alkanes of at least 4 members (excludes halogenated alkanes) is 2. The summed E-state index contributed by atoms with van der Waals surface area (Å²) in [5.41, 5.74) is 1.38. The van der Waals surface area contributed by atoms with Crippen molar-refractivity contribution in [2.24, 2.45) is 0 Å². The van der Waals surface area contributed by atoms with Gasteiger partial charge in [0.2, 0.25) is 0 Å². The molecule has 1 aromatic heterocycles. The Labute approximate surface area is 110 Å². The first-order chi connectivity index (χ1) is 7.74. The summed E-state index contributed by atoms with van der Waals surface area (Å²) in [6, 6.07) is 5.48. The highest BCUT2D eigenvalue weighted by atomic mass is 127. The molecular weight excluding hydrogens is 315 g/mol. The zero-order valence-electron chi connectivity index (χ0n) is 9.50. The van der Waals surface area contributed by atoms with Crippen LogP contribution in [0.25, 0.3) is 0 Å². The van der Waals surface area contributed by atoms with Gasteiger partial charge in [0.1, 0.15) is 5.69 Å². The minimum absolute atomic E-state index is 0.0711. The second-order valence-electron chi connectivity index (χ2n) is 3.67. The van der Waals surface area contributed by atoms with Crippen LogP contribution in [-0.4, -0.2) is 21.9 Å². The van der Waals surface area contributed by atoms with Crippen molar-refractivity contribution in [2.75, 3.05) is 11.0 Å². The highest BCUT2D eigenvalue weighted by Gasteiger charge is 2.05. The van der Waals surface area contributed by atoms with E-state index < -0.39 is 0 Å². The van der Waals surface area contributed by atoms with Crippen LogP contribution in [0.2, 0.25) is 0 Å². The van der Waals surface area contributed by atoms with Crippen molar-refractivity contribution >= 4 is 28.5 Å². The molecule has 0 spiro atoms. The van der Waals surface area contributed by atoms with Crippen molar-refractivity contribution in [2.45, 2.75) is 26.2 Å². The van der Waals surface area contributed by atoms with Crippen molar-refractivity contribution in [1.29, 1.82) is 0 Å². The number of carbonyl (C=O) groups excluding carboxylic acids is 1. The minimum atomic E-state index is -0.0711. The molecule has 0 atom stereocenters. The van der Waals surface area contributed by atoms with Crippen molar-refractivity contribution in [3.63, 3.8) is 0 Å². The van der Waals surface area contributed by atoms with Gasteiger partial charge in [0, 0.05) is 12.2 Å². The Morgan fingerprint density at radius 2 is 2.19 bits per heavy atom. The monoisotopic (exact) mass is 332 g/mol. The fraction of sp³-hybridized carbons (Fsp3) is 0.500. The number of rotatable bonds is 6. The van der Waals surface area contributed by atoms with Crippen LogP contribution in [0.4, 0.5) is 0 Å². The summed E-state index contributed by atoms with van der Waals surface area (Å²) in [7, 11) is 0. The Balaban J connectivity index is 2.30. The summed E-state index contributed by atoms with van der Waals surface area (Å²) in [5.74, 6) is -0.0711. The lowest BCUT2D eigenvalue weighted by Gasteiger charge is -2.04. The number of amides is 1. The third-order valence-electron chi connectivity index (χ3n) is 2.22. The van der Waals surface area contributed by atoms with Gasteiger partial charge < -0.3 is 5.32 Å². The molecule has 16 heavy (non-hydrogen) atoms. The molecule has 0 aliphatic carbocycles. The molecule has 1 rings (SSSR count). The second-order valence-corrected chi connectivity index (χ2v) is 4.75. The standard InChI is InChI=1S/C12H17IN2O/c1-10-6-5-7-11(15-10)12(16)14-9-4-2-3-8-13/h5-7H,2-4,8-9H2,1H3,(H,14,16). The molecule has 0 bridgehead atoms. The Morgan fingerprint density at radius 1 is 1.38 bits per heavy atom. The average molecular weight is 332 g/mol. The molecule has 0 unspecified atom stereocenters. The first-order valence-electron chi connectivity index (χ1n) is 5.52. The van der Waals surface area contributed by atoms with Crippen molar-refractivity contribution < 1.29 is 4.79 Å². The first-order valence-corrected chi connectivity index (χ1v) is 7.04. The predicted octanol–water partition coefficient (Wildman–Crippen LogP) is 2.73. The number of aromatic nitrogens is 1. The largest absolute Gasteiger partial charge is 0.351 e. The number of halogens is 1. The van der Waals surface area contributed by atoms with Gasteiger partial charge in [0.15, 0.2) is 0 Å². The number of nitrogens with one attached hydrogen (secondary N) is 1. The quantitative estimate of drug-likeness (QED) is 0.494. The number of pyridine rings is 1. The van der Waals surface area contributed by atoms with Crippen LogP contribution in [-0.2, 0) is 0 Å². The molecule has 0 aliphatic heterocycles. The van der Waals surface area contributed by atoms with E-state index in [1.54, 1.807) is 6.07 Å². The third-order valence-corrected chi connectivity index (χ3v) is 2.98. The van der Waals surface area contributed by atoms with Crippen LogP contribution >= 0.6 is 22.6 Å². The number of hydrogen-bond donors (Lipinski definition) is 1. The lowest BCUT2D eigenvalue weighted by Crippen LogP contribution is -2.25. The molecule has 0 aliphatic rings. The van der Waals surface area contributed by atoms with Crippen LogP contribution in [0.5, 0.6) is 0 Å². The molecule has 0 aromatic carbocycles. The van der Waals surface area contributed by atoms with Gasteiger partial charge in [-0.1, -0.05) is 35.1 Å². The number of alkyl halides is 1. The zero-order valence-corrected chi connectivity index (χ0v) is 11.7. The molecule has 0 saturated heterocycles. The fourth-order valence-corrected chi connectivity index (χ4v) is 1.90. The molecule has 1 amide bonds. The maximum Gasteiger partial charge on any atom is 0.269 e. The van der Waals surface area contributed by atoms with E-state index in [0.717, 1.165) is 18.7 Å². The second kappa shape index (κ2) is 7.60. The normalized spacial score (nSPS) is 10.1. The van der Waals surface area contributed by atoms with Crippen LogP contribution in [0.1, 0.15) is 35.4 Å². The van der Waals surface area contributed by atoms with Gasteiger partial charge in [-0.2, -0.15) is 0 Å². The summed E-state index contributed by atoms with van der Waals surface area (Å²) >= 11 is 2.37. The van der Waals surface area contributed by atoms with E-state index in [9.17, 15) is 4.79 Å². The third kappa shape index (κ3) is 4.92. The number of nitrogens with zero attached hydrogens (tertiary/aromatic N) is 1. The molecule has 1 heterocycles. The van der Waals surface area contributed by atoms with Crippen LogP contribution < -0.4 is 5.32 Å². The van der Waals surface area contributed by atoms with Crippen LogP contribution in [0.3, 0.4) is 0 Å². The van der Waals surface area contributed by atoms with Crippen molar-refractivity contribution in [3.8, 4) is 0 Å². The molecule has 0 saturated carbocycles. The Hall–Kier alpha value is -0.650. The fourth-order valence-electron chi connectivity index (χ4n) is 1.36. The topological polar surface area (TPSA) is 42.0 Å². The molecule has 88 valence electrons. The predicted molar refractivity (Wildman–Crippen MR) is 74.0 cm³/mol. The van der Waals surface area contributed by atoms with E-state index in [1.807, 2.05) is 19.1 Å². The molecular formula is C12H17IN2O. The van der Waals surface area contributed by atoms with Gasteiger partial charge in [-0.25, -0.2) is 4.98 Å². The lowest BCUT2D eigenvalue weighted by molar-refractivity contribution is 0.0948. The molecule has 0 fully saturated rings. The molecule has 1 N–H and O–H groups in total. The average Bonchev–Trinajstić information content (AvgIpc) is 2.28. The molecule has 3 nitrogen and oxygen atoms in total. The van der Waals surface area contributed by atoms with Crippen molar-refractivity contribution in [1.82, 2.24) is 10.3 Å². The summed E-state index contributed by atoms with van der Waals surface area (Å²) in [6.45, 7) is 2.63. The minimum Gasteiger partial charge on any atom is -0.351 e. The van der Waals surface area contributed by atoms with E-state index in [-0.39, 0.29) is 5.91 Å². The van der Waals surface area contributed by atoms with Gasteiger partial charge >= 0.3 is 0 Å². The van der Waals surface area contributed by atoms with E-state index >= 15 is 0 Å². The highest BCUT2D eigenvalue weighted by Crippen LogP contribution is 2.00. The van der Waals surface area contributed by atoms with E-state index in [2.05, 4.69) is 32.9 Å². The maximum absolute atomic E-state index is 11.7. The van der Waals surface area contributed by atoms with Gasteiger partial charge in [-0.15, -0.1) is 0 Å². The number of hydrogen-bond acceptors (Lipinski definition) is 2. The summed E-state index contributed by atoms with van der Waals surface area (Å²) in [4.78, 5) is 15.8. The SMILES string of the molecule is Cc1cccc(C(=O)NCCCCCI)n1. The Bertz CT molecular complexity index is 342. The smallest absolute Gasteiger partial charge is 0.269 e. The zero-order chi connectivity index (χ0) is 11.8. The van der Waals surface area contributed by atoms with Gasteiger partial charge in [0.05, 0.1) is 0 Å². The van der Waals surface area contributed by atoms with Gasteiger partial charge in [-0.05, 0) is 36.3 Å². The summed E-state index contributed by atoms with van der Waals surface area (Å²) in [6.07, 6.45) is 3.43. The highest BCUT2D eigenvalue weighted by molar-refractivity contribution is 14.1. The van der Waals surface area contributed by atoms with Crippen molar-refractivity contribution in [3.05, 3.63) is 29.6 Å². The molecule has 0 radical (unpaired) electrons. The van der Waals surface area contributed by atoms with Gasteiger partial charge in [0.25, 0.3) is 5.91 Å². The lowest BCUT2D eigenvalue weighted by atomic mass is 10.2.